The molecule has 0 amide bonds. The number of rotatable bonds is 6. The molecule has 0 radical (unpaired) electrons. The third-order valence-corrected chi connectivity index (χ3v) is 6.55. The Morgan fingerprint density at radius 3 is 2.37 bits per heavy atom. The van der Waals surface area contributed by atoms with Gasteiger partial charge in [-0.15, -0.1) is 0 Å². The molecule has 2 aromatic carbocycles. The lowest BCUT2D eigenvalue weighted by Crippen LogP contribution is -2.41. The van der Waals surface area contributed by atoms with Gasteiger partial charge in [-0.1, -0.05) is 11.3 Å². The van der Waals surface area contributed by atoms with Gasteiger partial charge in [0.2, 0.25) is 5.95 Å². The molecule has 0 spiro atoms. The average Bonchev–Trinajstić information content (AvgIpc) is 3.27. The van der Waals surface area contributed by atoms with E-state index in [1.807, 2.05) is 0 Å². The van der Waals surface area contributed by atoms with Gasteiger partial charge in [-0.05, 0) is 42.3 Å². The fraction of sp³-hybridized carbons (Fsp3) is 0.125. The van der Waals surface area contributed by atoms with Crippen molar-refractivity contribution in [2.75, 3.05) is 17.7 Å². The molecule has 0 saturated carbocycles. The lowest BCUT2D eigenvalue weighted by Gasteiger charge is -2.16. The molecule has 14 heteroatoms. The summed E-state index contributed by atoms with van der Waals surface area (Å²) in [6.07, 6.45) is 2.78. The van der Waals surface area contributed by atoms with Gasteiger partial charge in [0.25, 0.3) is 0 Å². The molecule has 0 aliphatic carbocycles. The van der Waals surface area contributed by atoms with Crippen LogP contribution in [0.25, 0.3) is 15.9 Å². The van der Waals surface area contributed by atoms with E-state index < -0.39 is 47.1 Å². The molecule has 3 aromatic heterocycles. The van der Waals surface area contributed by atoms with Gasteiger partial charge in [0.15, 0.2) is 22.6 Å². The fourth-order valence-electron chi connectivity index (χ4n) is 3.77. The van der Waals surface area contributed by atoms with Crippen molar-refractivity contribution in [2.24, 2.45) is 0 Å². The molecule has 0 atom stereocenters. The number of aromatic nitrogens is 5. The summed E-state index contributed by atoms with van der Waals surface area (Å²) in [5, 5.41) is 6.05. The number of halogens is 4. The van der Waals surface area contributed by atoms with Crippen molar-refractivity contribution in [3.8, 4) is 5.69 Å². The van der Waals surface area contributed by atoms with Gasteiger partial charge in [-0.25, -0.2) is 36.7 Å². The van der Waals surface area contributed by atoms with Gasteiger partial charge < -0.3 is 10.6 Å². The van der Waals surface area contributed by atoms with E-state index in [4.69, 9.17) is 0 Å². The summed E-state index contributed by atoms with van der Waals surface area (Å²) in [6, 6.07) is 5.53. The molecule has 0 saturated heterocycles. The molecule has 0 bridgehead atoms. The molecule has 5 rings (SSSR count). The largest absolute Gasteiger partial charge is 0.365 e. The minimum Gasteiger partial charge on any atom is -0.365 e. The maximum atomic E-state index is 15.0. The lowest BCUT2D eigenvalue weighted by molar-refractivity contribution is 0.444. The van der Waals surface area contributed by atoms with Crippen molar-refractivity contribution in [1.29, 1.82) is 0 Å². The summed E-state index contributed by atoms with van der Waals surface area (Å²) in [5.41, 5.74) is -1.11. The Morgan fingerprint density at radius 1 is 0.947 bits per heavy atom. The molecule has 0 aliphatic rings. The topological polar surface area (TPSA) is 107 Å². The Balaban J connectivity index is 1.68. The van der Waals surface area contributed by atoms with E-state index in [-0.39, 0.29) is 16.9 Å². The first-order valence-electron chi connectivity index (χ1n) is 11.0. The van der Waals surface area contributed by atoms with E-state index in [1.54, 1.807) is 14.0 Å². The van der Waals surface area contributed by atoms with E-state index in [2.05, 4.69) is 25.6 Å². The smallest absolute Gasteiger partial charge is 0.359 e. The number of anilines is 3. The van der Waals surface area contributed by atoms with E-state index >= 15 is 0 Å². The molecule has 5 aromatic rings. The second-order valence-corrected chi connectivity index (χ2v) is 9.24. The highest BCUT2D eigenvalue weighted by atomic mass is 32.1. The van der Waals surface area contributed by atoms with E-state index in [0.29, 0.717) is 37.6 Å². The number of nitrogens with zero attached hydrogens (tertiary/aromatic N) is 5. The molecular weight excluding hydrogens is 526 g/mol. The zero-order valence-corrected chi connectivity index (χ0v) is 20.5. The van der Waals surface area contributed by atoms with Gasteiger partial charge in [0.1, 0.15) is 5.82 Å². The van der Waals surface area contributed by atoms with Crippen LogP contribution in [0, 0.1) is 30.2 Å². The van der Waals surface area contributed by atoms with Crippen LogP contribution in [0.3, 0.4) is 0 Å². The molecule has 0 unspecified atom stereocenters. The molecule has 0 aliphatic heterocycles. The lowest BCUT2D eigenvalue weighted by atomic mass is 10.2. The van der Waals surface area contributed by atoms with Gasteiger partial charge >= 0.3 is 11.4 Å². The maximum absolute atomic E-state index is 15.0. The molecule has 194 valence electrons. The Bertz CT molecular complexity index is 1810. The monoisotopic (exact) mass is 543 g/mol. The van der Waals surface area contributed by atoms with Gasteiger partial charge in [0.05, 0.1) is 34.3 Å². The van der Waals surface area contributed by atoms with Crippen molar-refractivity contribution in [3.05, 3.63) is 98.1 Å². The first-order chi connectivity index (χ1) is 18.1. The van der Waals surface area contributed by atoms with Crippen LogP contribution < -0.4 is 22.0 Å². The van der Waals surface area contributed by atoms with Crippen LogP contribution in [0.4, 0.5) is 34.3 Å². The van der Waals surface area contributed by atoms with Crippen molar-refractivity contribution >= 4 is 38.3 Å². The molecule has 9 nitrogen and oxygen atoms in total. The van der Waals surface area contributed by atoms with Crippen molar-refractivity contribution < 1.29 is 17.6 Å². The summed E-state index contributed by atoms with van der Waals surface area (Å²) < 4.78 is 58.5. The maximum Gasteiger partial charge on any atom is 0.359 e. The van der Waals surface area contributed by atoms with Crippen LogP contribution in [0.5, 0.6) is 0 Å². The van der Waals surface area contributed by atoms with E-state index in [0.717, 1.165) is 4.57 Å². The highest BCUT2D eigenvalue weighted by molar-refractivity contribution is 7.22. The number of aryl methyl sites for hydroxylation is 1. The normalized spacial score (nSPS) is 11.2. The third kappa shape index (κ3) is 4.61. The van der Waals surface area contributed by atoms with Gasteiger partial charge in [-0.3, -0.25) is 9.55 Å². The summed E-state index contributed by atoms with van der Waals surface area (Å²) >= 11 is 1.24. The zero-order valence-electron chi connectivity index (χ0n) is 19.7. The summed E-state index contributed by atoms with van der Waals surface area (Å²) in [6.45, 7) is 1.17. The van der Waals surface area contributed by atoms with E-state index in [1.165, 1.54) is 41.9 Å². The third-order valence-electron chi connectivity index (χ3n) is 5.51. The SMILES string of the molecule is CNc1nc2cc(F)c(Nc3nc(=O)n(-c4cncc(C)c4)c(=O)n3Cc3cc(F)c(F)c(F)c3)cc2s1. The number of nitrogens with one attached hydrogen (secondary N) is 2. The van der Waals surface area contributed by atoms with Crippen LogP contribution in [0.2, 0.25) is 0 Å². The number of pyridine rings is 1. The second kappa shape index (κ2) is 9.70. The number of hydrogen-bond acceptors (Lipinski definition) is 8. The quantitative estimate of drug-likeness (QED) is 0.245. The van der Waals surface area contributed by atoms with Crippen molar-refractivity contribution in [2.45, 2.75) is 13.5 Å². The minimum atomic E-state index is -1.67. The van der Waals surface area contributed by atoms with E-state index in [9.17, 15) is 27.2 Å². The number of benzene rings is 2. The van der Waals surface area contributed by atoms with Gasteiger partial charge in [-0.2, -0.15) is 4.98 Å². The Labute approximate surface area is 215 Å². The Kier molecular flexibility index (Phi) is 6.40. The number of hydrogen-bond donors (Lipinski definition) is 2. The first-order valence-corrected chi connectivity index (χ1v) is 11.8. The highest BCUT2D eigenvalue weighted by Crippen LogP contribution is 2.31. The van der Waals surface area contributed by atoms with Crippen LogP contribution >= 0.6 is 11.3 Å². The fourth-order valence-corrected chi connectivity index (χ4v) is 4.61. The van der Waals surface area contributed by atoms with Crippen molar-refractivity contribution in [3.63, 3.8) is 0 Å². The predicted octanol–water partition coefficient (Wildman–Crippen LogP) is 4.10. The van der Waals surface area contributed by atoms with Crippen LogP contribution in [0.15, 0.2) is 52.3 Å². The minimum absolute atomic E-state index is 0.0983. The van der Waals surface area contributed by atoms with Crippen molar-refractivity contribution in [1.82, 2.24) is 24.1 Å². The Morgan fingerprint density at radius 2 is 1.68 bits per heavy atom. The first kappa shape index (κ1) is 25.1. The Hall–Kier alpha value is -4.59. The predicted molar refractivity (Wildman–Crippen MR) is 134 cm³/mol. The highest BCUT2D eigenvalue weighted by Gasteiger charge is 2.19. The molecule has 3 heterocycles. The standard InChI is InChI=1S/C24H17F4N7O2S/c1-11-3-13(9-30-8-11)35-23(36)33-21(31-17-7-19-18(6-14(17)25)32-22(29-2)38-19)34(24(35)37)10-12-4-15(26)20(28)16(27)5-12/h3-9H,10H2,1-2H3,(H,29,32)(H,31,33,36). The molecule has 0 fully saturated rings. The number of thiazole rings is 1. The average molecular weight is 544 g/mol. The summed E-state index contributed by atoms with van der Waals surface area (Å²) in [4.78, 5) is 38.6. The molecule has 2 N–H and O–H groups in total. The summed E-state index contributed by atoms with van der Waals surface area (Å²) in [7, 11) is 1.66. The van der Waals surface area contributed by atoms with Crippen LogP contribution in [-0.4, -0.2) is 31.1 Å². The molecule has 38 heavy (non-hydrogen) atoms. The zero-order chi connectivity index (χ0) is 27.1. The number of fused-ring (bicyclic) bond motifs is 1. The molecular formula is C24H17F4N7O2S. The van der Waals surface area contributed by atoms with Crippen LogP contribution in [0.1, 0.15) is 11.1 Å². The van der Waals surface area contributed by atoms with Crippen LogP contribution in [-0.2, 0) is 6.54 Å². The summed E-state index contributed by atoms with van der Waals surface area (Å²) in [5.74, 6) is -5.76. The second-order valence-electron chi connectivity index (χ2n) is 8.21. The van der Waals surface area contributed by atoms with Gasteiger partial charge in [0, 0.05) is 19.3 Å².